The zero-order valence-electron chi connectivity index (χ0n) is 18.2. The number of anilines is 1. The highest BCUT2D eigenvalue weighted by molar-refractivity contribution is 6.42. The Morgan fingerprint density at radius 3 is 2.30 bits per heavy atom. The number of aromatic nitrogens is 1. The zero-order chi connectivity index (χ0) is 23.7. The number of esters is 1. The van der Waals surface area contributed by atoms with Crippen LogP contribution in [0.5, 0.6) is 0 Å². The van der Waals surface area contributed by atoms with Crippen molar-refractivity contribution >= 4 is 46.5 Å². The first-order valence-corrected chi connectivity index (χ1v) is 11.3. The van der Waals surface area contributed by atoms with Gasteiger partial charge in [0.05, 0.1) is 15.6 Å². The van der Waals surface area contributed by atoms with E-state index >= 15 is 0 Å². The molecule has 170 valence electrons. The molecule has 0 radical (unpaired) electrons. The summed E-state index contributed by atoms with van der Waals surface area (Å²) in [5.41, 5.74) is 3.87. The number of nitrogens with zero attached hydrogens (tertiary/aromatic N) is 2. The normalized spacial score (nSPS) is 13.5. The third kappa shape index (κ3) is 4.68. The summed E-state index contributed by atoms with van der Waals surface area (Å²) in [7, 11) is 0. The minimum atomic E-state index is -0.596. The van der Waals surface area contributed by atoms with E-state index < -0.39 is 5.97 Å². The number of benzene rings is 2. The first-order chi connectivity index (χ1) is 15.8. The van der Waals surface area contributed by atoms with E-state index in [1.165, 1.54) is 0 Å². The lowest BCUT2D eigenvalue weighted by Crippen LogP contribution is -2.23. The Bertz CT molecular complexity index is 1250. The first kappa shape index (κ1) is 23.1. The second-order valence-electron chi connectivity index (χ2n) is 7.91. The largest absolute Gasteiger partial charge is 0.454 e. The molecule has 1 aliphatic heterocycles. The van der Waals surface area contributed by atoms with Gasteiger partial charge < -0.3 is 14.2 Å². The van der Waals surface area contributed by atoms with Crippen molar-refractivity contribution in [3.05, 3.63) is 81.1 Å². The Morgan fingerprint density at radius 2 is 1.67 bits per heavy atom. The number of ether oxygens (including phenoxy) is 1. The second-order valence-corrected chi connectivity index (χ2v) is 8.73. The van der Waals surface area contributed by atoms with Gasteiger partial charge in [-0.05, 0) is 68.8 Å². The fraction of sp³-hybridized carbons (Fsp3) is 0.240. The van der Waals surface area contributed by atoms with E-state index in [1.807, 2.05) is 24.5 Å². The minimum Gasteiger partial charge on any atom is -0.454 e. The van der Waals surface area contributed by atoms with Crippen LogP contribution in [-0.4, -0.2) is 35.4 Å². The molecule has 0 bridgehead atoms. The topological polar surface area (TPSA) is 68.6 Å². The molecule has 0 unspecified atom stereocenters. The smallest absolute Gasteiger partial charge is 0.338 e. The molecule has 1 fully saturated rings. The maximum Gasteiger partial charge on any atom is 0.338 e. The van der Waals surface area contributed by atoms with E-state index in [-0.39, 0.29) is 18.3 Å². The number of aryl methyl sites for hydroxylation is 1. The molecule has 0 N–H and O–H groups in total. The molecule has 8 heteroatoms. The van der Waals surface area contributed by atoms with Gasteiger partial charge in [0.25, 0.3) is 0 Å². The van der Waals surface area contributed by atoms with Crippen molar-refractivity contribution in [1.29, 1.82) is 0 Å². The van der Waals surface area contributed by atoms with E-state index in [2.05, 4.69) is 0 Å². The van der Waals surface area contributed by atoms with Crippen LogP contribution in [0.3, 0.4) is 0 Å². The van der Waals surface area contributed by atoms with Gasteiger partial charge in [0.1, 0.15) is 0 Å². The molecule has 0 saturated carbocycles. The van der Waals surface area contributed by atoms with Gasteiger partial charge in [-0.15, -0.1) is 0 Å². The van der Waals surface area contributed by atoms with Crippen LogP contribution in [0.4, 0.5) is 5.69 Å². The SMILES string of the molecule is Cc1cc(C(=O)COC(=O)c2ccc(N3CCCC3=O)cc2)c(C)n1-c1ccc(Cl)c(Cl)c1. The van der Waals surface area contributed by atoms with Gasteiger partial charge in [-0.1, -0.05) is 23.2 Å². The maximum absolute atomic E-state index is 12.8. The quantitative estimate of drug-likeness (QED) is 0.338. The van der Waals surface area contributed by atoms with Crippen LogP contribution in [0.1, 0.15) is 44.9 Å². The molecule has 2 heterocycles. The Hall–Kier alpha value is -3.09. The van der Waals surface area contributed by atoms with Gasteiger partial charge in [-0.2, -0.15) is 0 Å². The Morgan fingerprint density at radius 1 is 0.970 bits per heavy atom. The first-order valence-electron chi connectivity index (χ1n) is 10.5. The summed E-state index contributed by atoms with van der Waals surface area (Å²) < 4.78 is 7.16. The number of carbonyl (C=O) groups is 3. The number of carbonyl (C=O) groups excluding carboxylic acids is 3. The predicted octanol–water partition coefficient (Wildman–Crippen LogP) is 5.57. The van der Waals surface area contributed by atoms with Crippen molar-refractivity contribution in [2.75, 3.05) is 18.1 Å². The highest BCUT2D eigenvalue weighted by Gasteiger charge is 2.22. The maximum atomic E-state index is 12.8. The van der Waals surface area contributed by atoms with E-state index in [0.717, 1.165) is 23.5 Å². The summed E-state index contributed by atoms with van der Waals surface area (Å²) in [5, 5.41) is 0.870. The van der Waals surface area contributed by atoms with E-state index in [4.69, 9.17) is 27.9 Å². The van der Waals surface area contributed by atoms with Gasteiger partial charge in [-0.25, -0.2) is 4.79 Å². The highest BCUT2D eigenvalue weighted by atomic mass is 35.5. The van der Waals surface area contributed by atoms with E-state index in [0.29, 0.717) is 39.8 Å². The van der Waals surface area contributed by atoms with Gasteiger partial charge in [0.2, 0.25) is 11.7 Å². The number of hydrogen-bond donors (Lipinski definition) is 0. The molecule has 0 atom stereocenters. The summed E-state index contributed by atoms with van der Waals surface area (Å²) in [6, 6.07) is 13.6. The molecular formula is C25H22Cl2N2O4. The third-order valence-corrected chi connectivity index (χ3v) is 6.45. The predicted molar refractivity (Wildman–Crippen MR) is 128 cm³/mol. The molecule has 3 aromatic rings. The monoisotopic (exact) mass is 484 g/mol. The van der Waals surface area contributed by atoms with Crippen LogP contribution in [0.2, 0.25) is 10.0 Å². The van der Waals surface area contributed by atoms with Crippen LogP contribution in [0, 0.1) is 13.8 Å². The summed E-state index contributed by atoms with van der Waals surface area (Å²) in [6.07, 6.45) is 1.37. The van der Waals surface area contributed by atoms with E-state index in [1.54, 1.807) is 47.4 Å². The number of halogens is 2. The molecule has 0 spiro atoms. The van der Waals surface area contributed by atoms with Gasteiger partial charge in [0, 0.05) is 41.3 Å². The lowest BCUT2D eigenvalue weighted by molar-refractivity contribution is -0.117. The highest BCUT2D eigenvalue weighted by Crippen LogP contribution is 2.28. The van der Waals surface area contributed by atoms with E-state index in [9.17, 15) is 14.4 Å². The van der Waals surface area contributed by atoms with Crippen molar-refractivity contribution < 1.29 is 19.1 Å². The van der Waals surface area contributed by atoms with Crippen LogP contribution < -0.4 is 4.90 Å². The number of amides is 1. The fourth-order valence-corrected chi connectivity index (χ4v) is 4.35. The zero-order valence-corrected chi connectivity index (χ0v) is 19.7. The van der Waals surface area contributed by atoms with Crippen molar-refractivity contribution in [2.45, 2.75) is 26.7 Å². The fourth-order valence-electron chi connectivity index (χ4n) is 4.06. The Kier molecular flexibility index (Phi) is 6.58. The molecule has 1 amide bonds. The van der Waals surface area contributed by atoms with Crippen LogP contribution in [0.25, 0.3) is 5.69 Å². The van der Waals surface area contributed by atoms with Crippen LogP contribution in [-0.2, 0) is 9.53 Å². The molecule has 4 rings (SSSR count). The summed E-state index contributed by atoms with van der Waals surface area (Å²) in [5.74, 6) is -0.822. The Labute approximate surface area is 201 Å². The number of hydrogen-bond acceptors (Lipinski definition) is 4. The summed E-state index contributed by atoms with van der Waals surface area (Å²) in [6.45, 7) is 4.00. The average Bonchev–Trinajstić information content (AvgIpc) is 3.36. The minimum absolute atomic E-state index is 0.0781. The molecule has 33 heavy (non-hydrogen) atoms. The molecule has 1 aliphatic rings. The molecule has 2 aromatic carbocycles. The molecule has 1 saturated heterocycles. The number of rotatable bonds is 6. The van der Waals surface area contributed by atoms with Crippen LogP contribution in [0.15, 0.2) is 48.5 Å². The summed E-state index contributed by atoms with van der Waals surface area (Å²) in [4.78, 5) is 38.8. The van der Waals surface area contributed by atoms with Crippen molar-refractivity contribution in [3.8, 4) is 5.69 Å². The Balaban J connectivity index is 1.44. The standard InChI is InChI=1S/C25H22Cl2N2O4/c1-15-12-20(16(2)29(15)19-9-10-21(26)22(27)13-19)23(30)14-33-25(32)17-5-7-18(8-6-17)28-11-3-4-24(28)31/h5-10,12-13H,3-4,11,14H2,1-2H3. The average molecular weight is 485 g/mol. The number of ketones is 1. The molecular weight excluding hydrogens is 463 g/mol. The molecule has 6 nitrogen and oxygen atoms in total. The third-order valence-electron chi connectivity index (χ3n) is 5.72. The van der Waals surface area contributed by atoms with Crippen LogP contribution >= 0.6 is 23.2 Å². The number of Topliss-reactive ketones (excluding diaryl/α,β-unsaturated/α-hetero) is 1. The van der Waals surface area contributed by atoms with Gasteiger partial charge >= 0.3 is 5.97 Å². The lowest BCUT2D eigenvalue weighted by Gasteiger charge is -2.15. The van der Waals surface area contributed by atoms with Gasteiger partial charge in [0.15, 0.2) is 6.61 Å². The summed E-state index contributed by atoms with van der Waals surface area (Å²) >= 11 is 12.2. The van der Waals surface area contributed by atoms with Crippen molar-refractivity contribution in [2.24, 2.45) is 0 Å². The van der Waals surface area contributed by atoms with Crippen molar-refractivity contribution in [1.82, 2.24) is 4.57 Å². The molecule has 0 aliphatic carbocycles. The molecule has 1 aromatic heterocycles. The van der Waals surface area contributed by atoms with Gasteiger partial charge in [-0.3, -0.25) is 9.59 Å². The lowest BCUT2D eigenvalue weighted by atomic mass is 10.1. The van der Waals surface area contributed by atoms with Crippen molar-refractivity contribution in [3.63, 3.8) is 0 Å². The second kappa shape index (κ2) is 9.41.